The Bertz CT molecular complexity index is 662. The van der Waals surface area contributed by atoms with Crippen molar-refractivity contribution >= 4 is 36.0 Å². The normalized spacial score (nSPS) is 21.1. The van der Waals surface area contributed by atoms with Gasteiger partial charge in [0.25, 0.3) is 0 Å². The number of hydrogen-bond donors (Lipinski definition) is 2. The zero-order valence-electron chi connectivity index (χ0n) is 16.6. The fourth-order valence-electron chi connectivity index (χ4n) is 4.14. The minimum Gasteiger partial charge on any atom is -0.355 e. The Morgan fingerprint density at radius 1 is 1.21 bits per heavy atom. The molecule has 1 unspecified atom stereocenters. The van der Waals surface area contributed by atoms with Crippen molar-refractivity contribution < 1.29 is 9.59 Å². The molecule has 1 aromatic rings. The summed E-state index contributed by atoms with van der Waals surface area (Å²) in [5.74, 6) is 0.142. The van der Waals surface area contributed by atoms with E-state index >= 15 is 0 Å². The molecule has 2 fully saturated rings. The van der Waals surface area contributed by atoms with E-state index in [0.29, 0.717) is 19.6 Å². The van der Waals surface area contributed by atoms with Crippen molar-refractivity contribution in [1.29, 1.82) is 0 Å². The topological polar surface area (TPSA) is 75.4 Å². The first-order chi connectivity index (χ1) is 13.0. The third-order valence-electron chi connectivity index (χ3n) is 5.66. The molecule has 1 saturated carbocycles. The third kappa shape index (κ3) is 5.43. The summed E-state index contributed by atoms with van der Waals surface area (Å²) in [5.41, 5.74) is 6.71. The second kappa shape index (κ2) is 10.5. The van der Waals surface area contributed by atoms with Gasteiger partial charge in [0.05, 0.1) is 10.7 Å². The summed E-state index contributed by atoms with van der Waals surface area (Å²) in [6.45, 7) is 4.31. The second-order valence-corrected chi connectivity index (χ2v) is 9.24. The largest absolute Gasteiger partial charge is 0.355 e. The fraction of sp³-hybridized carbons (Fsp3) is 0.619. The van der Waals surface area contributed by atoms with Gasteiger partial charge in [0.2, 0.25) is 11.8 Å². The van der Waals surface area contributed by atoms with E-state index in [1.807, 2.05) is 4.90 Å². The molecule has 156 valence electrons. The standard InChI is InChI=1S/C21H31N3O2S.ClH/c1-16-6-8-18(9-7-16)27-21(10-2-3-11-21)20(26)24-14-4-5-17(15-24)19(25)23-13-12-22;/h6-9,17H,2-5,10-15,22H2,1H3,(H,23,25);1H. The third-order valence-corrected chi connectivity index (χ3v) is 7.14. The molecule has 1 aliphatic heterocycles. The molecule has 0 spiro atoms. The number of piperidine rings is 1. The molecule has 7 heteroatoms. The van der Waals surface area contributed by atoms with E-state index in [2.05, 4.69) is 36.5 Å². The molecule has 3 N–H and O–H groups in total. The molecule has 1 aromatic carbocycles. The van der Waals surface area contributed by atoms with E-state index in [1.54, 1.807) is 11.8 Å². The van der Waals surface area contributed by atoms with Gasteiger partial charge in [0.1, 0.15) is 0 Å². The minimum absolute atomic E-state index is 0. The molecule has 1 saturated heterocycles. The van der Waals surface area contributed by atoms with E-state index in [0.717, 1.165) is 50.0 Å². The Morgan fingerprint density at radius 3 is 2.54 bits per heavy atom. The van der Waals surface area contributed by atoms with E-state index < -0.39 is 0 Å². The number of aryl methyl sites for hydroxylation is 1. The first-order valence-electron chi connectivity index (χ1n) is 10.1. The van der Waals surface area contributed by atoms with Crippen LogP contribution in [-0.4, -0.2) is 47.6 Å². The minimum atomic E-state index is -0.370. The molecule has 0 bridgehead atoms. The highest BCUT2D eigenvalue weighted by Crippen LogP contribution is 2.47. The molecule has 5 nitrogen and oxygen atoms in total. The van der Waals surface area contributed by atoms with Crippen molar-refractivity contribution in [3.05, 3.63) is 29.8 Å². The average Bonchev–Trinajstić information content (AvgIpc) is 3.17. The fourth-order valence-corrected chi connectivity index (χ4v) is 5.57. The highest BCUT2D eigenvalue weighted by Gasteiger charge is 2.45. The van der Waals surface area contributed by atoms with Crippen LogP contribution in [0.4, 0.5) is 0 Å². The van der Waals surface area contributed by atoms with Crippen molar-refractivity contribution in [1.82, 2.24) is 10.2 Å². The smallest absolute Gasteiger partial charge is 0.239 e. The highest BCUT2D eigenvalue weighted by atomic mass is 35.5. The molecule has 0 aromatic heterocycles. The van der Waals surface area contributed by atoms with Gasteiger partial charge in [-0.1, -0.05) is 30.5 Å². The van der Waals surface area contributed by atoms with Crippen LogP contribution in [0.2, 0.25) is 0 Å². The van der Waals surface area contributed by atoms with Crippen LogP contribution in [0.1, 0.15) is 44.1 Å². The van der Waals surface area contributed by atoms with Crippen LogP contribution in [0.5, 0.6) is 0 Å². The van der Waals surface area contributed by atoms with Crippen LogP contribution >= 0.6 is 24.2 Å². The van der Waals surface area contributed by atoms with Gasteiger partial charge in [-0.15, -0.1) is 24.2 Å². The number of benzene rings is 1. The van der Waals surface area contributed by atoms with Crippen LogP contribution in [0, 0.1) is 12.8 Å². The van der Waals surface area contributed by atoms with Crippen molar-refractivity contribution in [2.45, 2.75) is 55.1 Å². The van der Waals surface area contributed by atoms with E-state index in [-0.39, 0.29) is 34.9 Å². The lowest BCUT2D eigenvalue weighted by Crippen LogP contribution is -2.51. The number of nitrogens with two attached hydrogens (primary N) is 1. The van der Waals surface area contributed by atoms with E-state index in [9.17, 15) is 9.59 Å². The maximum absolute atomic E-state index is 13.5. The zero-order chi connectivity index (χ0) is 19.3. The number of rotatable bonds is 6. The van der Waals surface area contributed by atoms with Gasteiger partial charge in [-0.05, 0) is 44.7 Å². The molecule has 28 heavy (non-hydrogen) atoms. The number of thioether (sulfide) groups is 1. The summed E-state index contributed by atoms with van der Waals surface area (Å²) in [5, 5.41) is 2.88. The maximum atomic E-state index is 13.5. The lowest BCUT2D eigenvalue weighted by Gasteiger charge is -2.38. The number of halogens is 1. The van der Waals surface area contributed by atoms with Gasteiger partial charge in [0.15, 0.2) is 0 Å². The molecular weight excluding hydrogens is 394 g/mol. The second-order valence-electron chi connectivity index (χ2n) is 7.79. The van der Waals surface area contributed by atoms with E-state index in [4.69, 9.17) is 5.73 Å². The van der Waals surface area contributed by atoms with Gasteiger partial charge >= 0.3 is 0 Å². The molecule has 0 radical (unpaired) electrons. The van der Waals surface area contributed by atoms with Crippen LogP contribution in [0.15, 0.2) is 29.2 Å². The predicted octanol–water partition coefficient (Wildman–Crippen LogP) is 3.14. The first-order valence-corrected chi connectivity index (χ1v) is 10.9. The first kappa shape index (κ1) is 23.0. The predicted molar refractivity (Wildman–Crippen MR) is 117 cm³/mol. The molecule has 1 heterocycles. The Labute approximate surface area is 178 Å². The highest BCUT2D eigenvalue weighted by molar-refractivity contribution is 8.01. The maximum Gasteiger partial charge on any atom is 0.239 e. The zero-order valence-corrected chi connectivity index (χ0v) is 18.2. The molecule has 2 amide bonds. The van der Waals surface area contributed by atoms with Crippen LogP contribution in [0.25, 0.3) is 0 Å². The van der Waals surface area contributed by atoms with Crippen molar-refractivity contribution in [3.8, 4) is 0 Å². The van der Waals surface area contributed by atoms with Crippen LogP contribution < -0.4 is 11.1 Å². The summed E-state index contributed by atoms with van der Waals surface area (Å²) in [7, 11) is 0. The summed E-state index contributed by atoms with van der Waals surface area (Å²) < 4.78 is -0.370. The number of nitrogens with one attached hydrogen (secondary N) is 1. The molecule has 1 atom stereocenters. The lowest BCUT2D eigenvalue weighted by molar-refractivity contribution is -0.137. The Balaban J connectivity index is 0.00000280. The Morgan fingerprint density at radius 2 is 1.89 bits per heavy atom. The lowest BCUT2D eigenvalue weighted by atomic mass is 9.95. The van der Waals surface area contributed by atoms with Gasteiger partial charge in [0, 0.05) is 31.1 Å². The van der Waals surface area contributed by atoms with E-state index in [1.165, 1.54) is 5.56 Å². The number of hydrogen-bond acceptors (Lipinski definition) is 4. The molecule has 2 aliphatic rings. The molecular formula is C21H32ClN3O2S. The number of likely N-dealkylation sites (tertiary alicyclic amines) is 1. The van der Waals surface area contributed by atoms with Gasteiger partial charge in [-0.25, -0.2) is 0 Å². The SMILES string of the molecule is Cc1ccc(SC2(C(=O)N3CCCC(C(=O)NCCN)C3)CCCC2)cc1.Cl. The van der Waals surface area contributed by atoms with Crippen LogP contribution in [0.3, 0.4) is 0 Å². The van der Waals surface area contributed by atoms with Gasteiger partial charge in [-0.3, -0.25) is 9.59 Å². The quantitative estimate of drug-likeness (QED) is 0.734. The Hall–Kier alpha value is -1.24. The van der Waals surface area contributed by atoms with Gasteiger partial charge in [-0.2, -0.15) is 0 Å². The number of carbonyl (C=O) groups excluding carboxylic acids is 2. The average molecular weight is 426 g/mol. The number of carbonyl (C=O) groups is 2. The summed E-state index contributed by atoms with van der Waals surface area (Å²) in [6.07, 6.45) is 5.77. The molecule has 1 aliphatic carbocycles. The Kier molecular flexibility index (Phi) is 8.65. The van der Waals surface area contributed by atoms with Crippen molar-refractivity contribution in [3.63, 3.8) is 0 Å². The summed E-state index contributed by atoms with van der Waals surface area (Å²) in [4.78, 5) is 29.0. The van der Waals surface area contributed by atoms with Crippen LogP contribution in [-0.2, 0) is 9.59 Å². The number of nitrogens with zero attached hydrogens (tertiary/aromatic N) is 1. The van der Waals surface area contributed by atoms with Crippen molar-refractivity contribution in [2.75, 3.05) is 26.2 Å². The number of amides is 2. The monoisotopic (exact) mass is 425 g/mol. The summed E-state index contributed by atoms with van der Waals surface area (Å²) in [6, 6.07) is 8.45. The summed E-state index contributed by atoms with van der Waals surface area (Å²) >= 11 is 1.72. The molecule has 3 rings (SSSR count). The van der Waals surface area contributed by atoms with Crippen molar-refractivity contribution in [2.24, 2.45) is 11.7 Å². The van der Waals surface area contributed by atoms with Gasteiger partial charge < -0.3 is 16.0 Å².